The lowest BCUT2D eigenvalue weighted by atomic mass is 10.2. The van der Waals surface area contributed by atoms with Gasteiger partial charge in [0, 0.05) is 11.1 Å². The van der Waals surface area contributed by atoms with Crippen LogP contribution in [0.1, 0.15) is 18.4 Å². The topological polar surface area (TPSA) is 46.2 Å². The first-order valence-corrected chi connectivity index (χ1v) is 8.43. The van der Waals surface area contributed by atoms with Gasteiger partial charge in [-0.2, -0.15) is 0 Å². The molecule has 5 heteroatoms. The molecule has 1 aromatic rings. The van der Waals surface area contributed by atoms with Crippen molar-refractivity contribution in [1.82, 2.24) is 5.32 Å². The van der Waals surface area contributed by atoms with Crippen molar-refractivity contribution in [2.75, 3.05) is 18.1 Å². The van der Waals surface area contributed by atoms with Crippen LogP contribution in [0.2, 0.25) is 5.02 Å². The molecule has 1 aromatic carbocycles. The number of hydrogen-bond acceptors (Lipinski definition) is 3. The van der Waals surface area contributed by atoms with Crippen molar-refractivity contribution in [1.29, 1.82) is 0 Å². The molecule has 1 aliphatic rings. The van der Waals surface area contributed by atoms with E-state index < -0.39 is 9.84 Å². The molecule has 1 heterocycles. The highest BCUT2D eigenvalue weighted by Crippen LogP contribution is 2.13. The average Bonchev–Trinajstić information content (AvgIpc) is 2.79. The molecule has 18 heavy (non-hydrogen) atoms. The molecule has 0 amide bonds. The van der Waals surface area contributed by atoms with E-state index in [0.29, 0.717) is 11.4 Å². The lowest BCUT2D eigenvalue weighted by Gasteiger charge is -2.10. The van der Waals surface area contributed by atoms with E-state index >= 15 is 0 Å². The van der Waals surface area contributed by atoms with Gasteiger partial charge in [-0.1, -0.05) is 23.7 Å². The number of hydrogen-bond donors (Lipinski definition) is 1. The number of benzene rings is 1. The molecule has 1 atom stereocenters. The minimum atomic E-state index is -2.98. The predicted octanol–water partition coefficient (Wildman–Crippen LogP) is 2.05. The van der Waals surface area contributed by atoms with Crippen molar-refractivity contribution in [2.45, 2.75) is 25.3 Å². The zero-order valence-corrected chi connectivity index (χ0v) is 11.8. The fourth-order valence-corrected chi connectivity index (χ4v) is 4.08. The summed E-state index contributed by atoms with van der Waals surface area (Å²) >= 11 is 5.87. The van der Waals surface area contributed by atoms with Gasteiger partial charge in [-0.05, 0) is 43.5 Å². The van der Waals surface area contributed by atoms with Crippen LogP contribution in [0.3, 0.4) is 0 Å². The molecule has 1 fully saturated rings. The van der Waals surface area contributed by atoms with Crippen molar-refractivity contribution in [3.8, 4) is 0 Å². The summed E-state index contributed by atoms with van der Waals surface area (Å²) in [6.07, 6.45) is 2.58. The third kappa shape index (κ3) is 4.26. The van der Waals surface area contributed by atoms with E-state index in [1.165, 1.54) is 0 Å². The molecule has 0 aliphatic carbocycles. The van der Waals surface area contributed by atoms with Crippen LogP contribution in [0.4, 0.5) is 0 Å². The molecule has 2 rings (SSSR count). The smallest absolute Gasteiger partial charge is 0.152 e. The highest BCUT2D eigenvalue weighted by molar-refractivity contribution is 7.91. The van der Waals surface area contributed by atoms with Crippen molar-refractivity contribution in [3.63, 3.8) is 0 Å². The molecule has 0 bridgehead atoms. The summed E-state index contributed by atoms with van der Waals surface area (Å²) in [7, 11) is -2.98. The fraction of sp³-hybridized carbons (Fsp3) is 0.538. The highest BCUT2D eigenvalue weighted by atomic mass is 35.5. The SMILES string of the molecule is O=S(=O)(CCc1cccc(Cl)c1)CC1CCCN1. The van der Waals surface area contributed by atoms with E-state index in [2.05, 4.69) is 5.32 Å². The second-order valence-corrected chi connectivity index (χ2v) is 7.45. The van der Waals surface area contributed by atoms with Gasteiger partial charge in [-0.15, -0.1) is 0 Å². The van der Waals surface area contributed by atoms with Crippen LogP contribution < -0.4 is 5.32 Å². The van der Waals surface area contributed by atoms with Gasteiger partial charge in [0.1, 0.15) is 0 Å². The van der Waals surface area contributed by atoms with Crippen LogP contribution in [0.25, 0.3) is 0 Å². The van der Waals surface area contributed by atoms with E-state index in [1.807, 2.05) is 18.2 Å². The second kappa shape index (κ2) is 6.04. The van der Waals surface area contributed by atoms with Gasteiger partial charge < -0.3 is 5.32 Å². The molecule has 0 aromatic heterocycles. The number of rotatable bonds is 5. The maximum absolute atomic E-state index is 12.0. The van der Waals surface area contributed by atoms with Gasteiger partial charge in [0.25, 0.3) is 0 Å². The number of aryl methyl sites for hydroxylation is 1. The fourth-order valence-electron chi connectivity index (χ4n) is 2.25. The largest absolute Gasteiger partial charge is 0.313 e. The minimum absolute atomic E-state index is 0.148. The summed E-state index contributed by atoms with van der Waals surface area (Å²) in [5, 5.41) is 3.87. The maximum Gasteiger partial charge on any atom is 0.152 e. The molecule has 100 valence electrons. The number of sulfone groups is 1. The zero-order chi connectivity index (χ0) is 13.0. The summed E-state index contributed by atoms with van der Waals surface area (Å²) in [6, 6.07) is 7.53. The summed E-state index contributed by atoms with van der Waals surface area (Å²) < 4.78 is 23.9. The van der Waals surface area contributed by atoms with Crippen molar-refractivity contribution in [2.24, 2.45) is 0 Å². The van der Waals surface area contributed by atoms with Crippen LogP contribution in [-0.4, -0.2) is 32.5 Å². The highest BCUT2D eigenvalue weighted by Gasteiger charge is 2.21. The quantitative estimate of drug-likeness (QED) is 0.902. The Bertz CT molecular complexity index is 495. The standard InChI is InChI=1S/C13H18ClNO2S/c14-12-4-1-3-11(9-12)6-8-18(16,17)10-13-5-2-7-15-13/h1,3-4,9,13,15H,2,5-8,10H2. The van der Waals surface area contributed by atoms with E-state index in [1.54, 1.807) is 6.07 Å². The molecule has 1 aliphatic heterocycles. The summed E-state index contributed by atoms with van der Waals surface area (Å²) in [4.78, 5) is 0. The third-order valence-electron chi connectivity index (χ3n) is 3.21. The van der Waals surface area contributed by atoms with Crippen LogP contribution in [-0.2, 0) is 16.3 Å². The summed E-state index contributed by atoms with van der Waals surface area (Å²) in [6.45, 7) is 0.939. The van der Waals surface area contributed by atoms with Crippen molar-refractivity contribution in [3.05, 3.63) is 34.9 Å². The first kappa shape index (κ1) is 13.8. The Labute approximate surface area is 113 Å². The zero-order valence-electron chi connectivity index (χ0n) is 10.2. The number of nitrogens with one attached hydrogen (secondary N) is 1. The Morgan fingerprint density at radius 2 is 2.22 bits per heavy atom. The summed E-state index contributed by atoms with van der Waals surface area (Å²) in [5.74, 6) is 0.457. The Morgan fingerprint density at radius 1 is 1.39 bits per heavy atom. The summed E-state index contributed by atoms with van der Waals surface area (Å²) in [5.41, 5.74) is 0.977. The lowest BCUT2D eigenvalue weighted by Crippen LogP contribution is -2.31. The van der Waals surface area contributed by atoms with Gasteiger partial charge in [0.15, 0.2) is 9.84 Å². The molecular formula is C13H18ClNO2S. The second-order valence-electron chi connectivity index (χ2n) is 4.79. The Balaban J connectivity index is 1.88. The van der Waals surface area contributed by atoms with Crippen LogP contribution in [0.15, 0.2) is 24.3 Å². The molecule has 0 spiro atoms. The minimum Gasteiger partial charge on any atom is -0.313 e. The van der Waals surface area contributed by atoms with Gasteiger partial charge in [-0.25, -0.2) is 8.42 Å². The Hall–Kier alpha value is -0.580. The van der Waals surface area contributed by atoms with E-state index in [-0.39, 0.29) is 17.5 Å². The molecule has 0 saturated carbocycles. The lowest BCUT2D eigenvalue weighted by molar-refractivity contribution is 0.576. The molecule has 0 radical (unpaired) electrons. The Kier molecular flexibility index (Phi) is 4.65. The molecular weight excluding hydrogens is 270 g/mol. The Morgan fingerprint density at radius 3 is 2.89 bits per heavy atom. The first-order valence-electron chi connectivity index (χ1n) is 6.23. The van der Waals surface area contributed by atoms with Crippen molar-refractivity contribution < 1.29 is 8.42 Å². The van der Waals surface area contributed by atoms with Crippen LogP contribution >= 0.6 is 11.6 Å². The van der Waals surface area contributed by atoms with Gasteiger partial charge in [0.2, 0.25) is 0 Å². The number of halogens is 1. The van der Waals surface area contributed by atoms with Crippen LogP contribution in [0.5, 0.6) is 0 Å². The van der Waals surface area contributed by atoms with E-state index in [0.717, 1.165) is 24.9 Å². The van der Waals surface area contributed by atoms with Crippen LogP contribution in [0, 0.1) is 0 Å². The van der Waals surface area contributed by atoms with Crippen molar-refractivity contribution >= 4 is 21.4 Å². The molecule has 3 nitrogen and oxygen atoms in total. The third-order valence-corrected chi connectivity index (χ3v) is 5.18. The molecule has 1 N–H and O–H groups in total. The normalized spacial score (nSPS) is 20.2. The average molecular weight is 288 g/mol. The molecule has 1 saturated heterocycles. The van der Waals surface area contributed by atoms with Gasteiger partial charge >= 0.3 is 0 Å². The first-order chi connectivity index (χ1) is 8.55. The van der Waals surface area contributed by atoms with Gasteiger partial charge in [-0.3, -0.25) is 0 Å². The monoisotopic (exact) mass is 287 g/mol. The van der Waals surface area contributed by atoms with E-state index in [4.69, 9.17) is 11.6 Å². The predicted molar refractivity (Wildman–Crippen MR) is 74.8 cm³/mol. The van der Waals surface area contributed by atoms with E-state index in [9.17, 15) is 8.42 Å². The molecule has 1 unspecified atom stereocenters. The maximum atomic E-state index is 12.0. The van der Waals surface area contributed by atoms with Gasteiger partial charge in [0.05, 0.1) is 11.5 Å².